The van der Waals surface area contributed by atoms with Crippen LogP contribution in [-0.4, -0.2) is 63.0 Å². The summed E-state index contributed by atoms with van der Waals surface area (Å²) in [7, 11) is -7.60. The minimum atomic E-state index is -4.80. The van der Waals surface area contributed by atoms with E-state index in [0.717, 1.165) is 4.31 Å². The number of anilines is 2. The molecule has 0 aromatic heterocycles. The van der Waals surface area contributed by atoms with Crippen molar-refractivity contribution in [3.63, 3.8) is 0 Å². The Labute approximate surface area is 296 Å². The third-order valence-electron chi connectivity index (χ3n) is 8.56. The van der Waals surface area contributed by atoms with E-state index in [4.69, 9.17) is 51.4 Å². The molecule has 0 bridgehead atoms. The molecule has 2 fully saturated rings. The van der Waals surface area contributed by atoms with Crippen LogP contribution in [0.25, 0.3) is 0 Å². The first-order valence-electron chi connectivity index (χ1n) is 15.0. The lowest BCUT2D eigenvalue weighted by Gasteiger charge is -2.39. The molecule has 4 N–H and O–H groups in total. The van der Waals surface area contributed by atoms with E-state index < -0.39 is 47.0 Å². The number of piperidine rings is 2. The number of hydrogen-bond donors (Lipinski definition) is 4. The Morgan fingerprint density at radius 1 is 0.957 bits per heavy atom. The summed E-state index contributed by atoms with van der Waals surface area (Å²) in [5.74, 6) is -2.57. The summed E-state index contributed by atoms with van der Waals surface area (Å²) in [5.41, 5.74) is 0.577. The molecule has 2 aromatic rings. The molecule has 47 heavy (non-hydrogen) atoms. The van der Waals surface area contributed by atoms with Crippen molar-refractivity contribution in [3.05, 3.63) is 45.4 Å². The number of nitrogens with zero attached hydrogens (tertiary/aromatic N) is 1. The van der Waals surface area contributed by atoms with Gasteiger partial charge in [0.2, 0.25) is 17.7 Å². The Hall–Kier alpha value is -2.62. The molecule has 0 aliphatic carbocycles. The minimum Gasteiger partial charge on any atom is -0.541 e. The molecule has 4 rings (SSSR count). The lowest BCUT2D eigenvalue weighted by atomic mass is 9.95. The smallest absolute Gasteiger partial charge is 0.271 e. The number of benzene rings is 2. The Balaban J connectivity index is 1.87. The molecule has 0 saturated carbocycles. The van der Waals surface area contributed by atoms with Gasteiger partial charge in [-0.25, -0.2) is 12.7 Å². The molecule has 0 spiro atoms. The molecule has 2 saturated heterocycles. The fraction of sp³-hybridized carbons (Fsp3) is 0.467. The maximum Gasteiger partial charge on any atom is 0.271 e. The predicted molar refractivity (Wildman–Crippen MR) is 191 cm³/mol. The summed E-state index contributed by atoms with van der Waals surface area (Å²) in [6.45, 7) is 10.2. The average molecular weight is 763 g/mol. The monoisotopic (exact) mass is 761 g/mol. The SMILES string of the molecule is CC(C)(C)[Si](C)(C)Oc1c(NC(=S)Nc2cccc(Cl)c2Cl)ccc(Cl)c1S(=O)(=O)N(C(=O)C1CCNC(=O)C1)C1CCNC(=O)C1. The number of nitrogens with one attached hydrogen (secondary N) is 4. The van der Waals surface area contributed by atoms with E-state index in [-0.39, 0.29) is 76.3 Å². The quantitative estimate of drug-likeness (QED) is 0.184. The van der Waals surface area contributed by atoms with Crippen LogP contribution in [0, 0.1) is 5.92 Å². The number of carbonyl (C=O) groups excluding carboxylic acids is 3. The highest BCUT2D eigenvalue weighted by Gasteiger charge is 2.46. The summed E-state index contributed by atoms with van der Waals surface area (Å²) in [4.78, 5) is 38.4. The number of hydrogen-bond acceptors (Lipinski definition) is 7. The van der Waals surface area contributed by atoms with Gasteiger partial charge in [0.25, 0.3) is 18.3 Å². The Bertz CT molecular complexity index is 1700. The molecule has 2 unspecified atom stereocenters. The van der Waals surface area contributed by atoms with E-state index in [2.05, 4.69) is 21.3 Å². The molecule has 17 heteroatoms. The van der Waals surface area contributed by atoms with Crippen LogP contribution in [0.2, 0.25) is 33.2 Å². The van der Waals surface area contributed by atoms with Crippen LogP contribution < -0.4 is 25.7 Å². The fourth-order valence-electron chi connectivity index (χ4n) is 5.00. The second-order valence-corrected chi connectivity index (χ2v) is 21.0. The maximum atomic E-state index is 14.9. The lowest BCUT2D eigenvalue weighted by molar-refractivity contribution is -0.138. The highest BCUT2D eigenvalue weighted by Crippen LogP contribution is 2.46. The summed E-state index contributed by atoms with van der Waals surface area (Å²) in [6.07, 6.45) is -0.00707. The van der Waals surface area contributed by atoms with Crippen molar-refractivity contribution in [1.82, 2.24) is 14.9 Å². The highest BCUT2D eigenvalue weighted by molar-refractivity contribution is 7.90. The van der Waals surface area contributed by atoms with Crippen LogP contribution in [0.4, 0.5) is 11.4 Å². The van der Waals surface area contributed by atoms with Gasteiger partial charge in [-0.05, 0) is 67.5 Å². The zero-order valence-corrected chi connectivity index (χ0v) is 31.5. The summed E-state index contributed by atoms with van der Waals surface area (Å²) < 4.78 is 37.3. The lowest BCUT2D eigenvalue weighted by Crippen LogP contribution is -2.54. The van der Waals surface area contributed by atoms with Crippen LogP contribution in [0.5, 0.6) is 5.75 Å². The maximum absolute atomic E-state index is 14.9. The van der Waals surface area contributed by atoms with Gasteiger partial charge in [-0.2, -0.15) is 0 Å². The molecule has 11 nitrogen and oxygen atoms in total. The number of sulfonamides is 1. The second-order valence-electron chi connectivity index (χ2n) is 13.0. The summed E-state index contributed by atoms with van der Waals surface area (Å²) >= 11 is 24.8. The van der Waals surface area contributed by atoms with Crippen molar-refractivity contribution in [2.75, 3.05) is 23.7 Å². The first-order valence-corrected chi connectivity index (χ1v) is 20.9. The van der Waals surface area contributed by atoms with Crippen molar-refractivity contribution < 1.29 is 27.2 Å². The van der Waals surface area contributed by atoms with Crippen LogP contribution in [-0.2, 0) is 24.4 Å². The molecule has 2 aromatic carbocycles. The van der Waals surface area contributed by atoms with Crippen molar-refractivity contribution >= 4 is 99.6 Å². The first kappa shape index (κ1) is 37.2. The molecule has 0 radical (unpaired) electrons. The zero-order chi connectivity index (χ0) is 34.9. The third-order valence-corrected chi connectivity index (χ3v) is 16.3. The molecular weight excluding hydrogens is 725 g/mol. The second kappa shape index (κ2) is 14.5. The number of halogens is 3. The van der Waals surface area contributed by atoms with Crippen molar-refractivity contribution in [2.24, 2.45) is 5.92 Å². The van der Waals surface area contributed by atoms with Gasteiger partial charge in [0, 0.05) is 31.8 Å². The Kier molecular flexibility index (Phi) is 11.5. The van der Waals surface area contributed by atoms with Crippen molar-refractivity contribution in [3.8, 4) is 5.75 Å². The Morgan fingerprint density at radius 2 is 1.57 bits per heavy atom. The highest BCUT2D eigenvalue weighted by atomic mass is 35.5. The van der Waals surface area contributed by atoms with Gasteiger partial charge in [0.1, 0.15) is 10.6 Å². The van der Waals surface area contributed by atoms with Crippen LogP contribution >= 0.6 is 47.0 Å². The molecule has 2 heterocycles. The van der Waals surface area contributed by atoms with Gasteiger partial charge < -0.3 is 25.7 Å². The van der Waals surface area contributed by atoms with Gasteiger partial charge in [-0.15, -0.1) is 0 Å². The largest absolute Gasteiger partial charge is 0.541 e. The van der Waals surface area contributed by atoms with Crippen LogP contribution in [0.15, 0.2) is 35.2 Å². The zero-order valence-electron chi connectivity index (χ0n) is 26.6. The Morgan fingerprint density at radius 3 is 2.19 bits per heavy atom. The van der Waals surface area contributed by atoms with Crippen LogP contribution in [0.3, 0.4) is 0 Å². The summed E-state index contributed by atoms with van der Waals surface area (Å²) in [5, 5.41) is 11.3. The third kappa shape index (κ3) is 8.34. The van der Waals surface area contributed by atoms with Gasteiger partial charge in [-0.3, -0.25) is 14.4 Å². The first-order chi connectivity index (χ1) is 21.8. The van der Waals surface area contributed by atoms with Gasteiger partial charge in [0.15, 0.2) is 5.11 Å². The minimum absolute atomic E-state index is 0.0463. The molecule has 2 aliphatic rings. The van der Waals surface area contributed by atoms with Crippen molar-refractivity contribution in [1.29, 1.82) is 0 Å². The van der Waals surface area contributed by atoms with Gasteiger partial charge >= 0.3 is 0 Å². The number of rotatable bonds is 8. The van der Waals surface area contributed by atoms with E-state index in [1.54, 1.807) is 18.2 Å². The molecule has 256 valence electrons. The average Bonchev–Trinajstić information content (AvgIpc) is 2.96. The number of amides is 3. The predicted octanol–water partition coefficient (Wildman–Crippen LogP) is 6.16. The number of carbonyl (C=O) groups is 3. The fourth-order valence-corrected chi connectivity index (χ4v) is 8.96. The normalized spacial score (nSPS) is 18.9. The van der Waals surface area contributed by atoms with E-state index in [9.17, 15) is 22.8 Å². The van der Waals surface area contributed by atoms with E-state index in [0.29, 0.717) is 10.7 Å². The molecular formula is C30H38Cl3N5O6S2Si. The molecule has 2 aliphatic heterocycles. The van der Waals surface area contributed by atoms with Gasteiger partial charge in [-0.1, -0.05) is 61.6 Å². The van der Waals surface area contributed by atoms with E-state index in [1.165, 1.54) is 12.1 Å². The van der Waals surface area contributed by atoms with Crippen molar-refractivity contribution in [2.45, 2.75) is 75.5 Å². The van der Waals surface area contributed by atoms with E-state index in [1.807, 2.05) is 33.9 Å². The number of thiocarbonyl (C=S) groups is 1. The molecule has 3 amide bonds. The molecule has 2 atom stereocenters. The van der Waals surface area contributed by atoms with E-state index >= 15 is 0 Å². The topological polar surface area (TPSA) is 146 Å². The van der Waals surface area contributed by atoms with Gasteiger partial charge in [0.05, 0.1) is 32.5 Å². The standard InChI is InChI=1S/C30H38Cl3N5O6S2Si/c1-30(2,3)47(4,5)44-26-22(37-29(45)36-21-8-6-7-19(31)25(21)33)10-9-20(32)27(26)46(42,43)38(18-12-14-35-24(40)16-18)28(41)17-11-13-34-23(39)15-17/h6-10,17-18H,11-16H2,1-5H3,(H,34,39)(H,35,40)(H2,36,37,45). The van der Waals surface area contributed by atoms with Crippen LogP contribution in [0.1, 0.15) is 46.5 Å². The summed E-state index contributed by atoms with van der Waals surface area (Å²) in [6, 6.07) is 6.87.